The summed E-state index contributed by atoms with van der Waals surface area (Å²) in [5.41, 5.74) is 6.79. The van der Waals surface area contributed by atoms with Gasteiger partial charge >= 0.3 is 0 Å². The predicted octanol–water partition coefficient (Wildman–Crippen LogP) is 2.45. The SMILES string of the molecule is CN1CCOC(CSc2ccc(Br)cc2N)C1. The minimum atomic E-state index is 0.307. The molecule has 0 aromatic heterocycles. The van der Waals surface area contributed by atoms with E-state index in [1.807, 2.05) is 12.1 Å². The van der Waals surface area contributed by atoms with E-state index in [-0.39, 0.29) is 0 Å². The predicted molar refractivity (Wildman–Crippen MR) is 76.5 cm³/mol. The Morgan fingerprint density at radius 2 is 2.41 bits per heavy atom. The molecule has 1 aromatic carbocycles. The molecule has 3 nitrogen and oxygen atoms in total. The quantitative estimate of drug-likeness (QED) is 0.686. The van der Waals surface area contributed by atoms with Gasteiger partial charge in [0.1, 0.15) is 0 Å². The number of nitrogens with zero attached hydrogens (tertiary/aromatic N) is 1. The van der Waals surface area contributed by atoms with Crippen molar-refractivity contribution >= 4 is 33.4 Å². The Balaban J connectivity index is 1.88. The third-order valence-electron chi connectivity index (χ3n) is 2.74. The average molecular weight is 317 g/mol. The lowest BCUT2D eigenvalue weighted by Crippen LogP contribution is -2.41. The summed E-state index contributed by atoms with van der Waals surface area (Å²) in [5.74, 6) is 0.955. The highest BCUT2D eigenvalue weighted by Gasteiger charge is 2.18. The third kappa shape index (κ3) is 3.88. The van der Waals surface area contributed by atoms with Gasteiger partial charge in [0.15, 0.2) is 0 Å². The monoisotopic (exact) mass is 316 g/mol. The zero-order chi connectivity index (χ0) is 12.3. The fourth-order valence-corrected chi connectivity index (χ4v) is 3.14. The van der Waals surface area contributed by atoms with Crippen molar-refractivity contribution in [2.75, 3.05) is 38.2 Å². The molecule has 2 rings (SSSR count). The van der Waals surface area contributed by atoms with E-state index < -0.39 is 0 Å². The van der Waals surface area contributed by atoms with Crippen LogP contribution in [0.15, 0.2) is 27.6 Å². The largest absolute Gasteiger partial charge is 0.398 e. The molecule has 2 N–H and O–H groups in total. The molecule has 0 spiro atoms. The number of nitrogen functional groups attached to an aromatic ring is 1. The molecule has 0 aliphatic carbocycles. The zero-order valence-corrected chi connectivity index (χ0v) is 12.3. The van der Waals surface area contributed by atoms with E-state index in [0.29, 0.717) is 6.10 Å². The Labute approximate surface area is 115 Å². The van der Waals surface area contributed by atoms with Gasteiger partial charge < -0.3 is 15.4 Å². The van der Waals surface area contributed by atoms with Crippen molar-refractivity contribution in [2.45, 2.75) is 11.0 Å². The van der Waals surface area contributed by atoms with Gasteiger partial charge in [0.25, 0.3) is 0 Å². The maximum Gasteiger partial charge on any atom is 0.0796 e. The van der Waals surface area contributed by atoms with Crippen molar-refractivity contribution in [1.82, 2.24) is 4.90 Å². The molecular weight excluding hydrogens is 300 g/mol. The van der Waals surface area contributed by atoms with Crippen molar-refractivity contribution in [1.29, 1.82) is 0 Å². The Kier molecular flexibility index (Phi) is 4.73. The lowest BCUT2D eigenvalue weighted by atomic mass is 10.3. The van der Waals surface area contributed by atoms with Crippen LogP contribution in [0.5, 0.6) is 0 Å². The van der Waals surface area contributed by atoms with E-state index in [1.165, 1.54) is 0 Å². The Hall–Kier alpha value is -0.230. The van der Waals surface area contributed by atoms with Crippen molar-refractivity contribution in [3.8, 4) is 0 Å². The normalized spacial score (nSPS) is 21.6. The second-order valence-electron chi connectivity index (χ2n) is 4.25. The first-order valence-corrected chi connectivity index (χ1v) is 7.41. The first kappa shape index (κ1) is 13.2. The lowest BCUT2D eigenvalue weighted by Gasteiger charge is -2.29. The molecule has 0 bridgehead atoms. The van der Waals surface area contributed by atoms with Crippen LogP contribution < -0.4 is 5.73 Å². The number of hydrogen-bond acceptors (Lipinski definition) is 4. The minimum absolute atomic E-state index is 0.307. The highest BCUT2D eigenvalue weighted by Crippen LogP contribution is 2.29. The fourth-order valence-electron chi connectivity index (χ4n) is 1.80. The summed E-state index contributed by atoms with van der Waals surface area (Å²) in [5, 5.41) is 0. The molecular formula is C12H17BrN2OS. The number of benzene rings is 1. The van der Waals surface area contributed by atoms with Crippen LogP contribution in [0.4, 0.5) is 5.69 Å². The number of morpholine rings is 1. The molecule has 94 valence electrons. The maximum absolute atomic E-state index is 5.96. The highest BCUT2D eigenvalue weighted by molar-refractivity contribution is 9.10. The second-order valence-corrected chi connectivity index (χ2v) is 6.23. The summed E-state index contributed by atoms with van der Waals surface area (Å²) in [7, 11) is 2.13. The van der Waals surface area contributed by atoms with Crippen LogP contribution >= 0.6 is 27.7 Å². The molecule has 1 atom stereocenters. The smallest absolute Gasteiger partial charge is 0.0796 e. The maximum atomic E-state index is 5.96. The first-order chi connectivity index (χ1) is 8.15. The second kappa shape index (κ2) is 6.09. The number of hydrogen-bond donors (Lipinski definition) is 1. The molecule has 0 saturated carbocycles. The van der Waals surface area contributed by atoms with Crippen molar-refractivity contribution in [2.24, 2.45) is 0 Å². The lowest BCUT2D eigenvalue weighted by molar-refractivity contribution is -0.00598. The summed E-state index contributed by atoms with van der Waals surface area (Å²) in [6.45, 7) is 2.86. The third-order valence-corrected chi connectivity index (χ3v) is 4.45. The number of halogens is 1. The molecule has 1 heterocycles. The van der Waals surface area contributed by atoms with Gasteiger partial charge in [-0.3, -0.25) is 0 Å². The van der Waals surface area contributed by atoms with Gasteiger partial charge in [-0.2, -0.15) is 0 Å². The van der Waals surface area contributed by atoms with Gasteiger partial charge in [-0.25, -0.2) is 0 Å². The zero-order valence-electron chi connectivity index (χ0n) is 9.86. The fraction of sp³-hybridized carbons (Fsp3) is 0.500. The highest BCUT2D eigenvalue weighted by atomic mass is 79.9. The van der Waals surface area contributed by atoms with Crippen molar-refractivity contribution in [3.05, 3.63) is 22.7 Å². The Morgan fingerprint density at radius 3 is 3.12 bits per heavy atom. The molecule has 1 aliphatic rings. The standard InChI is InChI=1S/C12H17BrN2OS/c1-15-4-5-16-10(7-15)8-17-12-3-2-9(13)6-11(12)14/h2-3,6,10H,4-5,7-8,14H2,1H3. The number of nitrogens with two attached hydrogens (primary N) is 1. The van der Waals surface area contributed by atoms with Crippen LogP contribution in [0.25, 0.3) is 0 Å². The molecule has 1 aromatic rings. The average Bonchev–Trinajstić information content (AvgIpc) is 2.28. The Morgan fingerprint density at radius 1 is 1.59 bits per heavy atom. The molecule has 1 fully saturated rings. The summed E-state index contributed by atoms with van der Waals surface area (Å²) in [6, 6.07) is 6.01. The van der Waals surface area contributed by atoms with E-state index in [0.717, 1.165) is 40.5 Å². The van der Waals surface area contributed by atoms with Crippen LogP contribution in [0.2, 0.25) is 0 Å². The van der Waals surface area contributed by atoms with Crippen LogP contribution in [-0.4, -0.2) is 43.5 Å². The van der Waals surface area contributed by atoms with Crippen LogP contribution in [0.1, 0.15) is 0 Å². The Bertz CT molecular complexity index is 389. The van der Waals surface area contributed by atoms with E-state index in [2.05, 4.69) is 33.9 Å². The van der Waals surface area contributed by atoms with E-state index in [4.69, 9.17) is 10.5 Å². The van der Waals surface area contributed by atoms with E-state index >= 15 is 0 Å². The van der Waals surface area contributed by atoms with Crippen molar-refractivity contribution < 1.29 is 4.74 Å². The molecule has 0 amide bonds. The number of thioether (sulfide) groups is 1. The summed E-state index contributed by atoms with van der Waals surface area (Å²) in [4.78, 5) is 3.43. The van der Waals surface area contributed by atoms with Gasteiger partial charge in [0, 0.05) is 33.9 Å². The topological polar surface area (TPSA) is 38.5 Å². The van der Waals surface area contributed by atoms with E-state index in [1.54, 1.807) is 11.8 Å². The molecule has 0 radical (unpaired) electrons. The minimum Gasteiger partial charge on any atom is -0.398 e. The molecule has 1 saturated heterocycles. The molecule has 1 unspecified atom stereocenters. The van der Waals surface area contributed by atoms with Gasteiger partial charge in [0.2, 0.25) is 0 Å². The van der Waals surface area contributed by atoms with Gasteiger partial charge in [-0.05, 0) is 25.2 Å². The molecule has 17 heavy (non-hydrogen) atoms. The first-order valence-electron chi connectivity index (χ1n) is 5.63. The van der Waals surface area contributed by atoms with Gasteiger partial charge in [0.05, 0.1) is 12.7 Å². The van der Waals surface area contributed by atoms with Crippen LogP contribution in [0.3, 0.4) is 0 Å². The summed E-state index contributed by atoms with van der Waals surface area (Å²) < 4.78 is 6.74. The van der Waals surface area contributed by atoms with Gasteiger partial charge in [-0.15, -0.1) is 11.8 Å². The molecule has 1 aliphatic heterocycles. The number of likely N-dealkylation sites (N-methyl/N-ethyl adjacent to an activating group) is 1. The molecule has 5 heteroatoms. The van der Waals surface area contributed by atoms with Crippen LogP contribution in [0, 0.1) is 0 Å². The summed E-state index contributed by atoms with van der Waals surface area (Å²) in [6.07, 6.45) is 0.307. The number of ether oxygens (including phenoxy) is 1. The number of anilines is 1. The van der Waals surface area contributed by atoms with Crippen LogP contribution in [-0.2, 0) is 4.74 Å². The van der Waals surface area contributed by atoms with E-state index in [9.17, 15) is 0 Å². The summed E-state index contributed by atoms with van der Waals surface area (Å²) >= 11 is 5.18. The van der Waals surface area contributed by atoms with Gasteiger partial charge in [-0.1, -0.05) is 15.9 Å². The van der Waals surface area contributed by atoms with Crippen molar-refractivity contribution in [3.63, 3.8) is 0 Å². The number of rotatable bonds is 3.